The molecule has 3 rings (SSSR count). The van der Waals surface area contributed by atoms with Gasteiger partial charge in [-0.2, -0.15) is 0 Å². The Hall–Kier alpha value is -2.81. The van der Waals surface area contributed by atoms with E-state index in [1.54, 1.807) is 41.2 Å². The van der Waals surface area contributed by atoms with Crippen molar-refractivity contribution in [2.75, 3.05) is 60.2 Å². The predicted molar refractivity (Wildman–Crippen MR) is 99.2 cm³/mol. The predicted octanol–water partition coefficient (Wildman–Crippen LogP) is 0.447. The lowest BCUT2D eigenvalue weighted by molar-refractivity contribution is -0.147. The maximum absolute atomic E-state index is 13.0. The van der Waals surface area contributed by atoms with E-state index in [9.17, 15) is 14.4 Å². The maximum atomic E-state index is 13.0. The number of carbonyl (C=O) groups excluding carboxylic acids is 3. The van der Waals surface area contributed by atoms with Gasteiger partial charge in [-0.25, -0.2) is 9.59 Å². The van der Waals surface area contributed by atoms with Gasteiger partial charge in [-0.15, -0.1) is 0 Å². The fourth-order valence-corrected chi connectivity index (χ4v) is 3.39. The van der Waals surface area contributed by atoms with E-state index < -0.39 is 12.0 Å². The Kier molecular flexibility index (Phi) is 6.35. The number of ether oxygens (including phenoxy) is 3. The summed E-state index contributed by atoms with van der Waals surface area (Å²) < 4.78 is 15.3. The minimum absolute atomic E-state index is 0.102. The van der Waals surface area contributed by atoms with Crippen molar-refractivity contribution in [1.82, 2.24) is 14.7 Å². The van der Waals surface area contributed by atoms with Gasteiger partial charge in [-0.05, 0) is 24.3 Å². The molecule has 152 valence electrons. The van der Waals surface area contributed by atoms with E-state index in [1.165, 1.54) is 12.0 Å². The molecule has 0 N–H and O–H groups in total. The summed E-state index contributed by atoms with van der Waals surface area (Å²) in [6.07, 6.45) is 0. The van der Waals surface area contributed by atoms with Crippen molar-refractivity contribution < 1.29 is 28.6 Å². The molecule has 0 spiro atoms. The second-order valence-corrected chi connectivity index (χ2v) is 6.59. The molecule has 9 nitrogen and oxygen atoms in total. The highest BCUT2D eigenvalue weighted by atomic mass is 16.5. The van der Waals surface area contributed by atoms with E-state index in [1.807, 2.05) is 0 Å². The summed E-state index contributed by atoms with van der Waals surface area (Å²) in [7, 11) is 2.83. The molecule has 2 saturated heterocycles. The molecule has 0 saturated carbocycles. The number of urea groups is 1. The minimum atomic E-state index is -0.849. The van der Waals surface area contributed by atoms with Crippen LogP contribution >= 0.6 is 0 Å². The van der Waals surface area contributed by atoms with Crippen molar-refractivity contribution in [3.05, 3.63) is 29.8 Å². The van der Waals surface area contributed by atoms with Gasteiger partial charge in [0, 0.05) is 31.7 Å². The number of methoxy groups -OCH3 is 2. The Balaban J connectivity index is 1.74. The first kappa shape index (κ1) is 19.9. The lowest BCUT2D eigenvalue weighted by atomic mass is 10.1. The number of nitrogens with zero attached hydrogens (tertiary/aromatic N) is 3. The minimum Gasteiger partial charge on any atom is -0.497 e. The van der Waals surface area contributed by atoms with Gasteiger partial charge < -0.3 is 28.9 Å². The van der Waals surface area contributed by atoms with E-state index in [0.717, 1.165) is 0 Å². The van der Waals surface area contributed by atoms with Gasteiger partial charge in [-0.3, -0.25) is 4.79 Å². The number of carbonyl (C=O) groups is 3. The van der Waals surface area contributed by atoms with Crippen LogP contribution < -0.4 is 4.74 Å². The second kappa shape index (κ2) is 8.92. The first-order valence-corrected chi connectivity index (χ1v) is 9.19. The van der Waals surface area contributed by atoms with E-state index in [4.69, 9.17) is 14.2 Å². The number of hydrogen-bond donors (Lipinski definition) is 0. The summed E-state index contributed by atoms with van der Waals surface area (Å²) >= 11 is 0. The zero-order valence-corrected chi connectivity index (χ0v) is 16.1. The molecule has 9 heteroatoms. The summed E-state index contributed by atoms with van der Waals surface area (Å²) in [6, 6.07) is 5.70. The van der Waals surface area contributed by atoms with Gasteiger partial charge in [0.2, 0.25) is 0 Å². The molecule has 0 radical (unpaired) electrons. The lowest BCUT2D eigenvalue weighted by Gasteiger charge is -2.42. The van der Waals surface area contributed by atoms with E-state index in [2.05, 4.69) is 0 Å². The van der Waals surface area contributed by atoms with Crippen LogP contribution in [0, 0.1) is 0 Å². The van der Waals surface area contributed by atoms with Gasteiger partial charge in [-0.1, -0.05) is 0 Å². The molecular formula is C19H25N3O6. The average molecular weight is 391 g/mol. The van der Waals surface area contributed by atoms with Crippen molar-refractivity contribution in [3.63, 3.8) is 0 Å². The van der Waals surface area contributed by atoms with E-state index >= 15 is 0 Å². The zero-order valence-electron chi connectivity index (χ0n) is 16.1. The van der Waals surface area contributed by atoms with Crippen LogP contribution in [0.3, 0.4) is 0 Å². The lowest BCUT2D eigenvalue weighted by Crippen LogP contribution is -2.62. The van der Waals surface area contributed by atoms with E-state index in [-0.39, 0.29) is 25.0 Å². The number of benzene rings is 1. The Morgan fingerprint density at radius 1 is 0.964 bits per heavy atom. The van der Waals surface area contributed by atoms with Crippen molar-refractivity contribution in [2.24, 2.45) is 0 Å². The molecule has 0 bridgehead atoms. The summed E-state index contributed by atoms with van der Waals surface area (Å²) in [5, 5.41) is 0. The molecule has 1 aromatic rings. The number of esters is 1. The van der Waals surface area contributed by atoms with Crippen molar-refractivity contribution in [3.8, 4) is 5.75 Å². The first-order valence-electron chi connectivity index (χ1n) is 9.19. The normalized spacial score (nSPS) is 19.9. The summed E-state index contributed by atoms with van der Waals surface area (Å²) in [5.41, 5.74) is 0.447. The fourth-order valence-electron chi connectivity index (χ4n) is 3.39. The summed E-state index contributed by atoms with van der Waals surface area (Å²) in [6.45, 7) is 2.75. The molecule has 3 amide bonds. The van der Waals surface area contributed by atoms with Crippen LogP contribution in [0.4, 0.5) is 4.79 Å². The van der Waals surface area contributed by atoms with Crippen molar-refractivity contribution >= 4 is 17.9 Å². The Morgan fingerprint density at radius 3 is 2.25 bits per heavy atom. The maximum Gasteiger partial charge on any atom is 0.330 e. The summed E-state index contributed by atoms with van der Waals surface area (Å²) in [5.74, 6) is -0.181. The monoisotopic (exact) mass is 391 g/mol. The first-order chi connectivity index (χ1) is 13.5. The number of piperazine rings is 1. The van der Waals surface area contributed by atoms with Crippen molar-refractivity contribution in [1.29, 1.82) is 0 Å². The van der Waals surface area contributed by atoms with Gasteiger partial charge in [0.15, 0.2) is 0 Å². The highest BCUT2D eigenvalue weighted by Gasteiger charge is 2.39. The zero-order chi connectivity index (χ0) is 20.1. The third-order valence-corrected chi connectivity index (χ3v) is 5.00. The van der Waals surface area contributed by atoms with Crippen LogP contribution in [0.5, 0.6) is 5.75 Å². The van der Waals surface area contributed by atoms with Crippen molar-refractivity contribution in [2.45, 2.75) is 6.04 Å². The number of morpholine rings is 1. The van der Waals surface area contributed by atoms with Crippen LogP contribution in [0.25, 0.3) is 0 Å². The van der Waals surface area contributed by atoms with Gasteiger partial charge in [0.25, 0.3) is 5.91 Å². The Morgan fingerprint density at radius 2 is 1.64 bits per heavy atom. The molecular weight excluding hydrogens is 366 g/mol. The molecule has 1 aromatic carbocycles. The smallest absolute Gasteiger partial charge is 0.330 e. The molecule has 0 aliphatic carbocycles. The Labute approximate surface area is 163 Å². The quantitative estimate of drug-likeness (QED) is 0.695. The third kappa shape index (κ3) is 4.19. The van der Waals surface area contributed by atoms with Crippen LogP contribution in [-0.2, 0) is 14.3 Å². The summed E-state index contributed by atoms with van der Waals surface area (Å²) in [4.78, 5) is 42.8. The second-order valence-electron chi connectivity index (χ2n) is 6.59. The van der Waals surface area contributed by atoms with E-state index in [0.29, 0.717) is 44.2 Å². The van der Waals surface area contributed by atoms with Crippen LogP contribution in [0.2, 0.25) is 0 Å². The van der Waals surface area contributed by atoms with Crippen LogP contribution in [0.1, 0.15) is 10.4 Å². The molecule has 0 aromatic heterocycles. The standard InChI is InChI=1S/C19H25N3O6/c1-26-15-5-3-14(4-6-15)17(23)22-8-7-21(13-16(22)18(24)27-2)19(25)20-9-11-28-12-10-20/h3-6,16H,7-13H2,1-2H3. The molecule has 2 aliphatic heterocycles. The van der Waals surface area contributed by atoms with Gasteiger partial charge in [0.1, 0.15) is 11.8 Å². The number of hydrogen-bond acceptors (Lipinski definition) is 6. The topological polar surface area (TPSA) is 88.6 Å². The average Bonchev–Trinajstić information content (AvgIpc) is 2.77. The molecule has 1 atom stereocenters. The van der Waals surface area contributed by atoms with Crippen LogP contribution in [-0.4, -0.2) is 98.8 Å². The molecule has 28 heavy (non-hydrogen) atoms. The largest absolute Gasteiger partial charge is 0.497 e. The molecule has 2 fully saturated rings. The Bertz CT molecular complexity index is 717. The number of rotatable bonds is 3. The SMILES string of the molecule is COC(=O)C1CN(C(=O)N2CCOCC2)CCN1C(=O)c1ccc(OC)cc1. The van der Waals surface area contributed by atoms with Gasteiger partial charge >= 0.3 is 12.0 Å². The molecule has 1 unspecified atom stereocenters. The van der Waals surface area contributed by atoms with Gasteiger partial charge in [0.05, 0.1) is 34.0 Å². The number of amides is 3. The molecule has 2 aliphatic rings. The highest BCUT2D eigenvalue weighted by molar-refractivity contribution is 5.97. The highest BCUT2D eigenvalue weighted by Crippen LogP contribution is 2.19. The third-order valence-electron chi connectivity index (χ3n) is 5.00. The van der Waals surface area contributed by atoms with Crippen LogP contribution in [0.15, 0.2) is 24.3 Å². The fraction of sp³-hybridized carbons (Fsp3) is 0.526. The molecule has 2 heterocycles.